The van der Waals surface area contributed by atoms with Gasteiger partial charge in [0, 0.05) is 0 Å². The molecule has 0 aliphatic carbocycles. The van der Waals surface area contributed by atoms with E-state index in [4.69, 9.17) is 8.74 Å². The fourth-order valence-electron chi connectivity index (χ4n) is 1.80. The number of carbonyl (C=O) groups is 2. The average molecular weight is 386 g/mol. The molecule has 0 saturated heterocycles. The van der Waals surface area contributed by atoms with Crippen LogP contribution in [0.2, 0.25) is 0 Å². The van der Waals surface area contributed by atoms with Gasteiger partial charge in [0.1, 0.15) is 10.6 Å². The molecule has 0 heterocycles. The number of carbonyl (C=O) groups excluding carboxylic acids is 2. The minimum absolute atomic E-state index is 0.146. The highest BCUT2D eigenvalue weighted by atomic mass is 32.2. The van der Waals surface area contributed by atoms with E-state index >= 15 is 0 Å². The summed E-state index contributed by atoms with van der Waals surface area (Å²) in [5.41, 5.74) is -0.727. The number of hydrogen-bond acceptors (Lipinski definition) is 8. The van der Waals surface area contributed by atoms with Gasteiger partial charge in [0.25, 0.3) is 10.1 Å². The number of hydrogen-bond donors (Lipinski definition) is 2. The molecule has 0 amide bonds. The van der Waals surface area contributed by atoms with E-state index < -0.39 is 47.1 Å². The molecule has 0 radical (unpaired) electrons. The Kier molecular flexibility index (Phi) is 4.92. The first-order chi connectivity index (χ1) is 11.6. The second-order valence-electron chi connectivity index (χ2n) is 4.67. The number of phenolic OH excluding ortho intramolecular Hbond substituents is 1. The minimum Gasteiger partial charge on any atom is -0.507 e. The predicted molar refractivity (Wildman–Crippen MR) is 83.0 cm³/mol. The minimum atomic E-state index is -4.59. The molecule has 0 aliphatic heterocycles. The molecule has 11 heteroatoms. The lowest BCUT2D eigenvalue weighted by Gasteiger charge is -2.10. The molecule has 25 heavy (non-hydrogen) atoms. The fourth-order valence-corrected chi connectivity index (χ4v) is 3.31. The normalized spacial score (nSPS) is 11.7. The SMILES string of the molecule is O=Cc1cc(S(=O)(=O)Oc2ccc(S(=O)(=O)O)cc2C=O)ccc1O. The van der Waals surface area contributed by atoms with Gasteiger partial charge < -0.3 is 9.29 Å². The first-order valence-electron chi connectivity index (χ1n) is 6.38. The third-order valence-corrected chi connectivity index (χ3v) is 5.10. The topological polar surface area (TPSA) is 152 Å². The van der Waals surface area contributed by atoms with Gasteiger partial charge in [-0.15, -0.1) is 0 Å². The Bertz CT molecular complexity index is 1050. The van der Waals surface area contributed by atoms with Crippen LogP contribution < -0.4 is 4.18 Å². The van der Waals surface area contributed by atoms with Crippen molar-refractivity contribution in [3.05, 3.63) is 47.5 Å². The molecule has 0 aromatic heterocycles. The van der Waals surface area contributed by atoms with Gasteiger partial charge in [-0.05, 0) is 36.4 Å². The molecule has 9 nitrogen and oxygen atoms in total. The van der Waals surface area contributed by atoms with Gasteiger partial charge in [0.2, 0.25) is 0 Å². The van der Waals surface area contributed by atoms with Gasteiger partial charge in [-0.25, -0.2) is 0 Å². The van der Waals surface area contributed by atoms with E-state index in [2.05, 4.69) is 0 Å². The Labute approximate surface area is 142 Å². The maximum absolute atomic E-state index is 12.2. The lowest BCUT2D eigenvalue weighted by molar-refractivity contribution is 0.111. The second kappa shape index (κ2) is 6.63. The molecule has 2 rings (SSSR count). The highest BCUT2D eigenvalue weighted by Gasteiger charge is 2.21. The Hall–Kier alpha value is -2.76. The zero-order chi connectivity index (χ0) is 18.8. The van der Waals surface area contributed by atoms with Gasteiger partial charge in [0.05, 0.1) is 16.0 Å². The fraction of sp³-hybridized carbons (Fsp3) is 0. The van der Waals surface area contributed by atoms with Gasteiger partial charge in [-0.1, -0.05) is 0 Å². The molecular weight excluding hydrogens is 376 g/mol. The molecule has 2 aromatic carbocycles. The molecule has 2 aromatic rings. The van der Waals surface area contributed by atoms with Crippen LogP contribution in [-0.4, -0.2) is 39.1 Å². The standard InChI is InChI=1S/C14H10O9S2/c15-7-9-5-12(1-3-13(9)17)25(21,22)23-14-4-2-11(24(18,19)20)6-10(14)8-16/h1-8,17H,(H,18,19,20). The van der Waals surface area contributed by atoms with Crippen molar-refractivity contribution in [3.8, 4) is 11.5 Å². The van der Waals surface area contributed by atoms with Crippen molar-refractivity contribution in [1.29, 1.82) is 0 Å². The molecule has 0 saturated carbocycles. The lowest BCUT2D eigenvalue weighted by atomic mass is 10.2. The van der Waals surface area contributed by atoms with Crippen molar-refractivity contribution in [2.45, 2.75) is 9.79 Å². The summed E-state index contributed by atoms with van der Waals surface area (Å²) in [6.07, 6.45) is 0.388. The number of phenols is 1. The summed E-state index contributed by atoms with van der Waals surface area (Å²) in [4.78, 5) is 20.7. The summed E-state index contributed by atoms with van der Waals surface area (Å²) in [6, 6.07) is 5.28. The predicted octanol–water partition coefficient (Wildman–Crippen LogP) is 1.03. The monoisotopic (exact) mass is 386 g/mol. The van der Waals surface area contributed by atoms with Crippen LogP contribution >= 0.6 is 0 Å². The first kappa shape index (κ1) is 18.6. The van der Waals surface area contributed by atoms with Gasteiger partial charge in [-0.2, -0.15) is 16.8 Å². The van der Waals surface area contributed by atoms with E-state index in [1.807, 2.05) is 0 Å². The molecule has 0 aliphatic rings. The van der Waals surface area contributed by atoms with E-state index in [0.29, 0.717) is 0 Å². The van der Waals surface area contributed by atoms with Gasteiger partial charge >= 0.3 is 10.1 Å². The van der Waals surface area contributed by atoms with Crippen molar-refractivity contribution < 1.29 is 40.3 Å². The summed E-state index contributed by atoms with van der Waals surface area (Å²) in [5, 5.41) is 9.39. The van der Waals surface area contributed by atoms with Crippen molar-refractivity contribution in [2.75, 3.05) is 0 Å². The van der Waals surface area contributed by atoms with Crippen LogP contribution in [0.1, 0.15) is 20.7 Å². The van der Waals surface area contributed by atoms with Crippen molar-refractivity contribution >= 4 is 32.8 Å². The van der Waals surface area contributed by atoms with Crippen LogP contribution in [0, 0.1) is 0 Å². The Balaban J connectivity index is 2.48. The molecule has 0 atom stereocenters. The quantitative estimate of drug-likeness (QED) is 0.421. The van der Waals surface area contributed by atoms with Crippen LogP contribution in [-0.2, 0) is 20.2 Å². The van der Waals surface area contributed by atoms with Crippen LogP contribution in [0.25, 0.3) is 0 Å². The summed E-state index contributed by atoms with van der Waals surface area (Å²) < 4.78 is 60.3. The summed E-state index contributed by atoms with van der Waals surface area (Å²) in [5.74, 6) is -0.914. The third-order valence-electron chi connectivity index (χ3n) is 3.02. The number of rotatable bonds is 6. The van der Waals surface area contributed by atoms with Crippen LogP contribution in [0.4, 0.5) is 0 Å². The maximum atomic E-state index is 12.2. The number of benzene rings is 2. The summed E-state index contributed by atoms with van der Waals surface area (Å²) >= 11 is 0. The molecule has 0 spiro atoms. The third kappa shape index (κ3) is 4.02. The van der Waals surface area contributed by atoms with E-state index in [-0.39, 0.29) is 18.1 Å². The van der Waals surface area contributed by atoms with Crippen LogP contribution in [0.5, 0.6) is 11.5 Å². The zero-order valence-corrected chi connectivity index (χ0v) is 13.8. The van der Waals surface area contributed by atoms with Crippen molar-refractivity contribution in [2.24, 2.45) is 0 Å². The number of aromatic hydroxyl groups is 1. The van der Waals surface area contributed by atoms with E-state index in [9.17, 15) is 31.5 Å². The van der Waals surface area contributed by atoms with Crippen molar-refractivity contribution in [1.82, 2.24) is 0 Å². The van der Waals surface area contributed by atoms with E-state index in [1.165, 1.54) is 0 Å². The molecule has 132 valence electrons. The summed E-state index contributed by atoms with van der Waals surface area (Å²) in [6.45, 7) is 0. The maximum Gasteiger partial charge on any atom is 0.339 e. The summed E-state index contributed by atoms with van der Waals surface area (Å²) in [7, 11) is -9.08. The smallest absolute Gasteiger partial charge is 0.339 e. The van der Waals surface area contributed by atoms with Crippen molar-refractivity contribution in [3.63, 3.8) is 0 Å². The number of aldehydes is 2. The average Bonchev–Trinajstić information content (AvgIpc) is 2.54. The molecule has 0 unspecified atom stereocenters. The first-order valence-corrected chi connectivity index (χ1v) is 9.23. The molecule has 0 bridgehead atoms. The molecule has 0 fully saturated rings. The Morgan fingerprint density at radius 2 is 1.40 bits per heavy atom. The Morgan fingerprint density at radius 3 is 1.96 bits per heavy atom. The highest BCUT2D eigenvalue weighted by Crippen LogP contribution is 2.26. The van der Waals surface area contributed by atoms with Gasteiger partial charge in [-0.3, -0.25) is 14.1 Å². The highest BCUT2D eigenvalue weighted by molar-refractivity contribution is 7.87. The largest absolute Gasteiger partial charge is 0.507 e. The zero-order valence-electron chi connectivity index (χ0n) is 12.2. The second-order valence-corrected chi connectivity index (χ2v) is 7.64. The van der Waals surface area contributed by atoms with E-state index in [1.54, 1.807) is 0 Å². The lowest BCUT2D eigenvalue weighted by Crippen LogP contribution is -2.12. The molecular formula is C14H10O9S2. The van der Waals surface area contributed by atoms with E-state index in [0.717, 1.165) is 36.4 Å². The van der Waals surface area contributed by atoms with Gasteiger partial charge in [0.15, 0.2) is 18.3 Å². The van der Waals surface area contributed by atoms with Crippen LogP contribution in [0.3, 0.4) is 0 Å². The molecule has 2 N–H and O–H groups in total. The Morgan fingerprint density at radius 1 is 0.840 bits per heavy atom. The van der Waals surface area contributed by atoms with Crippen LogP contribution in [0.15, 0.2) is 46.2 Å².